The first-order valence-corrected chi connectivity index (χ1v) is 13.7. The summed E-state index contributed by atoms with van der Waals surface area (Å²) in [5.74, 6) is -3.11. The number of amides is 2. The second-order valence-corrected chi connectivity index (χ2v) is 11.7. The van der Waals surface area contributed by atoms with Gasteiger partial charge in [0.05, 0.1) is 16.8 Å². The third-order valence-corrected chi connectivity index (χ3v) is 10.8. The molecule has 1 saturated heterocycles. The molecule has 2 aliphatic carbocycles. The van der Waals surface area contributed by atoms with Crippen molar-refractivity contribution in [2.75, 3.05) is 6.61 Å². The Labute approximate surface area is 228 Å². The van der Waals surface area contributed by atoms with E-state index < -0.39 is 41.2 Å². The van der Waals surface area contributed by atoms with Gasteiger partial charge in [-0.25, -0.2) is 4.79 Å². The van der Waals surface area contributed by atoms with E-state index >= 15 is 0 Å². The standard InChI is InChI=1S/C26H22Br2N2O7/c27-22-16-11-17(23(22)28)21-20(16)24(32)29(25(21)33)18(10-13-4-2-1-3-5-13)26(34)37-12-19(31)14-6-8-15(9-7-14)30(35)36/h1-9,16-18,20-23H,10-12H2/t16-,17-,18+,20-,21+,22-,23+/m1/s1. The monoisotopic (exact) mass is 632 g/mol. The summed E-state index contributed by atoms with van der Waals surface area (Å²) in [7, 11) is 0. The van der Waals surface area contributed by atoms with Gasteiger partial charge in [0, 0.05) is 33.8 Å². The van der Waals surface area contributed by atoms with Crippen molar-refractivity contribution in [3.05, 3.63) is 75.8 Å². The Kier molecular flexibility index (Phi) is 7.01. The Morgan fingerprint density at radius 1 is 0.973 bits per heavy atom. The van der Waals surface area contributed by atoms with Crippen LogP contribution in [0.5, 0.6) is 0 Å². The van der Waals surface area contributed by atoms with E-state index in [4.69, 9.17) is 4.74 Å². The number of benzene rings is 2. The van der Waals surface area contributed by atoms with Crippen LogP contribution in [0.3, 0.4) is 0 Å². The van der Waals surface area contributed by atoms with E-state index in [0.29, 0.717) is 0 Å². The summed E-state index contributed by atoms with van der Waals surface area (Å²) in [6, 6.07) is 12.7. The summed E-state index contributed by atoms with van der Waals surface area (Å²) in [5.41, 5.74) is 0.714. The Hall–Kier alpha value is -2.92. The number of Topliss-reactive ketones (excluding diaryl/α,β-unsaturated/α-hetero) is 1. The molecule has 9 nitrogen and oxygen atoms in total. The number of alkyl halides is 2. The fourth-order valence-electron chi connectivity index (χ4n) is 5.88. The predicted octanol–water partition coefficient (Wildman–Crippen LogP) is 3.71. The molecule has 0 radical (unpaired) electrons. The van der Waals surface area contributed by atoms with Crippen LogP contribution in [0, 0.1) is 33.8 Å². The van der Waals surface area contributed by atoms with E-state index in [0.717, 1.165) is 16.9 Å². The highest BCUT2D eigenvalue weighted by atomic mass is 79.9. The zero-order valence-electron chi connectivity index (χ0n) is 19.4. The van der Waals surface area contributed by atoms with Crippen LogP contribution < -0.4 is 0 Å². The maximum Gasteiger partial charge on any atom is 0.330 e. The topological polar surface area (TPSA) is 124 Å². The van der Waals surface area contributed by atoms with Crippen molar-refractivity contribution >= 4 is 61.1 Å². The largest absolute Gasteiger partial charge is 0.456 e. The molecule has 0 spiro atoms. The molecule has 2 aromatic carbocycles. The molecule has 5 rings (SSSR count). The minimum Gasteiger partial charge on any atom is -0.456 e. The maximum atomic E-state index is 13.6. The van der Waals surface area contributed by atoms with E-state index in [-0.39, 0.29) is 51.0 Å². The van der Waals surface area contributed by atoms with Gasteiger partial charge in [-0.1, -0.05) is 62.2 Å². The Morgan fingerprint density at radius 2 is 1.54 bits per heavy atom. The normalized spacial score (nSPS) is 28.8. The van der Waals surface area contributed by atoms with Gasteiger partial charge in [0.25, 0.3) is 5.69 Å². The molecule has 3 fully saturated rings. The number of carbonyl (C=O) groups excluding carboxylic acids is 4. The van der Waals surface area contributed by atoms with Gasteiger partial charge < -0.3 is 4.74 Å². The number of rotatable bonds is 8. The van der Waals surface area contributed by atoms with E-state index in [2.05, 4.69) is 31.9 Å². The molecule has 2 aromatic rings. The maximum absolute atomic E-state index is 13.6. The van der Waals surface area contributed by atoms with Gasteiger partial charge >= 0.3 is 5.97 Å². The van der Waals surface area contributed by atoms with Crippen LogP contribution in [0.2, 0.25) is 0 Å². The number of nitro groups is 1. The van der Waals surface area contributed by atoms with E-state index in [1.807, 2.05) is 6.07 Å². The molecule has 11 heteroatoms. The van der Waals surface area contributed by atoms with Crippen molar-refractivity contribution in [1.29, 1.82) is 0 Å². The number of hydrogen-bond acceptors (Lipinski definition) is 7. The van der Waals surface area contributed by atoms with Crippen molar-refractivity contribution in [1.82, 2.24) is 4.90 Å². The highest BCUT2D eigenvalue weighted by molar-refractivity contribution is 9.12. The van der Waals surface area contributed by atoms with E-state index in [9.17, 15) is 29.3 Å². The fraction of sp³-hybridized carbons (Fsp3) is 0.385. The first-order chi connectivity index (χ1) is 17.7. The van der Waals surface area contributed by atoms with Gasteiger partial charge in [-0.3, -0.25) is 29.4 Å². The van der Waals surface area contributed by atoms with Crippen molar-refractivity contribution in [3.63, 3.8) is 0 Å². The molecule has 3 aliphatic rings. The van der Waals surface area contributed by atoms with Crippen molar-refractivity contribution in [2.24, 2.45) is 23.7 Å². The molecule has 1 heterocycles. The summed E-state index contributed by atoms with van der Waals surface area (Å²) in [6.45, 7) is -0.622. The third kappa shape index (κ3) is 4.52. The first kappa shape index (κ1) is 25.7. The van der Waals surface area contributed by atoms with E-state index in [1.54, 1.807) is 24.3 Å². The van der Waals surface area contributed by atoms with Crippen molar-refractivity contribution in [2.45, 2.75) is 28.5 Å². The van der Waals surface area contributed by atoms with Crippen LogP contribution in [-0.4, -0.2) is 55.7 Å². The van der Waals surface area contributed by atoms with Gasteiger partial charge in [-0.15, -0.1) is 0 Å². The van der Waals surface area contributed by atoms with Crippen LogP contribution in [0.4, 0.5) is 5.69 Å². The second-order valence-electron chi connectivity index (χ2n) is 9.59. The Balaban J connectivity index is 1.36. The van der Waals surface area contributed by atoms with Gasteiger partial charge in [-0.05, 0) is 36.0 Å². The average Bonchev–Trinajstić information content (AvgIpc) is 3.51. The number of nitrogens with zero attached hydrogens (tertiary/aromatic N) is 2. The van der Waals surface area contributed by atoms with Gasteiger partial charge in [0.2, 0.25) is 11.8 Å². The molecule has 0 aromatic heterocycles. The molecular formula is C26H22Br2N2O7. The predicted molar refractivity (Wildman–Crippen MR) is 138 cm³/mol. The smallest absolute Gasteiger partial charge is 0.330 e. The molecule has 192 valence electrons. The molecule has 2 bridgehead atoms. The Morgan fingerprint density at radius 3 is 2.08 bits per heavy atom. The second kappa shape index (κ2) is 10.1. The summed E-state index contributed by atoms with van der Waals surface area (Å²) < 4.78 is 5.33. The zero-order valence-corrected chi connectivity index (χ0v) is 22.5. The first-order valence-electron chi connectivity index (χ1n) is 11.8. The number of ether oxygens (including phenoxy) is 1. The molecule has 0 unspecified atom stereocenters. The lowest BCUT2D eigenvalue weighted by Crippen LogP contribution is -2.48. The lowest BCUT2D eigenvalue weighted by Gasteiger charge is -2.28. The number of non-ortho nitro benzene ring substituents is 1. The van der Waals surface area contributed by atoms with Gasteiger partial charge in [-0.2, -0.15) is 0 Å². The summed E-state index contributed by atoms with van der Waals surface area (Å²) >= 11 is 7.33. The number of fused-ring (bicyclic) bond motifs is 5. The van der Waals surface area contributed by atoms with Crippen LogP contribution in [0.1, 0.15) is 22.3 Å². The number of ketones is 1. The number of hydrogen-bond donors (Lipinski definition) is 0. The summed E-state index contributed by atoms with van der Waals surface area (Å²) in [5, 5.41) is 10.8. The quantitative estimate of drug-likeness (QED) is 0.108. The van der Waals surface area contributed by atoms with E-state index in [1.165, 1.54) is 24.3 Å². The lowest BCUT2D eigenvalue weighted by molar-refractivity contribution is -0.384. The molecule has 37 heavy (non-hydrogen) atoms. The van der Waals surface area contributed by atoms with Crippen LogP contribution in [0.25, 0.3) is 0 Å². The molecular weight excluding hydrogens is 612 g/mol. The number of carbonyl (C=O) groups is 4. The number of esters is 1. The fourth-order valence-corrected chi connectivity index (χ4v) is 7.76. The molecule has 0 N–H and O–H groups in total. The number of halogens is 2. The molecule has 2 saturated carbocycles. The van der Waals surface area contributed by atoms with Crippen LogP contribution >= 0.6 is 31.9 Å². The molecule has 2 amide bonds. The number of imide groups is 1. The van der Waals surface area contributed by atoms with Gasteiger partial charge in [0.15, 0.2) is 12.4 Å². The summed E-state index contributed by atoms with van der Waals surface area (Å²) in [4.78, 5) is 64.5. The third-order valence-electron chi connectivity index (χ3n) is 7.62. The average molecular weight is 634 g/mol. The number of likely N-dealkylation sites (tertiary alicyclic amines) is 1. The minimum atomic E-state index is -1.21. The van der Waals surface area contributed by atoms with Crippen molar-refractivity contribution < 1.29 is 28.8 Å². The zero-order chi connectivity index (χ0) is 26.4. The highest BCUT2D eigenvalue weighted by Gasteiger charge is 2.67. The highest BCUT2D eigenvalue weighted by Crippen LogP contribution is 2.60. The SMILES string of the molecule is O=C(COC(=O)[C@H](Cc1ccccc1)N1C(=O)[C@@H]2[C@H]3C[C@@H]([C@H](Br)[C@@H]3Br)[C@@H]2C1=O)c1ccc([N+](=O)[O-])cc1. The lowest BCUT2D eigenvalue weighted by atomic mass is 9.81. The van der Waals surface area contributed by atoms with Crippen LogP contribution in [0.15, 0.2) is 54.6 Å². The van der Waals surface area contributed by atoms with Crippen molar-refractivity contribution in [3.8, 4) is 0 Å². The molecule has 7 atom stereocenters. The summed E-state index contributed by atoms with van der Waals surface area (Å²) in [6.07, 6.45) is 0.831. The number of nitro benzene ring substituents is 1. The van der Waals surface area contributed by atoms with Gasteiger partial charge in [0.1, 0.15) is 6.04 Å². The Bertz CT molecular complexity index is 1240. The minimum absolute atomic E-state index is 0.00191. The molecule has 1 aliphatic heterocycles. The van der Waals surface area contributed by atoms with Crippen LogP contribution in [-0.2, 0) is 25.5 Å².